The summed E-state index contributed by atoms with van der Waals surface area (Å²) in [6, 6.07) is 20.3. The molecule has 0 bridgehead atoms. The maximum Gasteiger partial charge on any atom is 0.350 e. The predicted molar refractivity (Wildman–Crippen MR) is 158 cm³/mol. The van der Waals surface area contributed by atoms with Crippen LogP contribution in [0.2, 0.25) is 0 Å². The first-order valence-corrected chi connectivity index (χ1v) is 14.2. The molecule has 218 valence electrons. The molecule has 0 aliphatic carbocycles. The number of aromatic nitrogens is 1. The van der Waals surface area contributed by atoms with E-state index in [0.717, 1.165) is 16.9 Å². The number of nitrogens with zero attached hydrogens (tertiary/aromatic N) is 2. The van der Waals surface area contributed by atoms with Crippen LogP contribution < -0.4 is 19.1 Å². The van der Waals surface area contributed by atoms with E-state index in [0.29, 0.717) is 48.3 Å². The van der Waals surface area contributed by atoms with Crippen molar-refractivity contribution in [2.45, 2.75) is 19.6 Å². The number of aryl methyl sites for hydroxylation is 1. The summed E-state index contributed by atoms with van der Waals surface area (Å²) in [5.74, 6) is -1.38. The molecule has 3 aromatic carbocycles. The van der Waals surface area contributed by atoms with Gasteiger partial charge < -0.3 is 24.1 Å². The first-order valence-electron chi connectivity index (χ1n) is 13.4. The van der Waals surface area contributed by atoms with E-state index >= 15 is 0 Å². The van der Waals surface area contributed by atoms with Gasteiger partial charge in [0, 0.05) is 5.56 Å². The standard InChI is InChI=1S/C32H26N2O8S/c1-18-29(31(38)39-2)43-32(33-18)34-26(20-9-6-10-22(15-20)42-17-19-7-4-3-5-8-19)25(28(36)30(34)37)27(35)21-11-12-23-24(16-21)41-14-13-40-23/h3-12,15-16,26,35H,13-14,17H2,1-2H3. The lowest BCUT2D eigenvalue weighted by molar-refractivity contribution is -0.132. The lowest BCUT2D eigenvalue weighted by atomic mass is 9.95. The molecule has 10 nitrogen and oxygen atoms in total. The summed E-state index contributed by atoms with van der Waals surface area (Å²) < 4.78 is 22.1. The number of amides is 1. The summed E-state index contributed by atoms with van der Waals surface area (Å²) >= 11 is 0.929. The van der Waals surface area contributed by atoms with Crippen LogP contribution in [0.4, 0.5) is 5.13 Å². The number of aliphatic hydroxyl groups is 1. The molecule has 1 aromatic heterocycles. The number of ketones is 1. The van der Waals surface area contributed by atoms with Gasteiger partial charge >= 0.3 is 11.9 Å². The van der Waals surface area contributed by atoms with Crippen molar-refractivity contribution in [1.82, 2.24) is 4.98 Å². The van der Waals surface area contributed by atoms with Gasteiger partial charge in [-0.15, -0.1) is 0 Å². The summed E-state index contributed by atoms with van der Waals surface area (Å²) in [5, 5.41) is 11.7. The molecule has 0 spiro atoms. The van der Waals surface area contributed by atoms with Crippen molar-refractivity contribution >= 4 is 39.9 Å². The Morgan fingerprint density at radius 3 is 2.56 bits per heavy atom. The van der Waals surface area contributed by atoms with E-state index in [1.807, 2.05) is 30.3 Å². The third-order valence-electron chi connectivity index (χ3n) is 7.04. The van der Waals surface area contributed by atoms with Gasteiger partial charge in [-0.25, -0.2) is 9.78 Å². The number of methoxy groups -OCH3 is 1. The van der Waals surface area contributed by atoms with Crippen LogP contribution in [-0.2, 0) is 20.9 Å². The van der Waals surface area contributed by atoms with Crippen LogP contribution in [0.3, 0.4) is 0 Å². The Labute approximate surface area is 250 Å². The highest BCUT2D eigenvalue weighted by atomic mass is 32.1. The predicted octanol–water partition coefficient (Wildman–Crippen LogP) is 5.21. The molecule has 6 rings (SSSR count). The quantitative estimate of drug-likeness (QED) is 0.132. The molecule has 11 heteroatoms. The van der Waals surface area contributed by atoms with Crippen LogP contribution in [-0.4, -0.2) is 48.1 Å². The van der Waals surface area contributed by atoms with Gasteiger partial charge in [0.2, 0.25) is 0 Å². The zero-order valence-electron chi connectivity index (χ0n) is 23.2. The van der Waals surface area contributed by atoms with Crippen LogP contribution >= 0.6 is 11.3 Å². The summed E-state index contributed by atoms with van der Waals surface area (Å²) in [6.45, 7) is 2.65. The first-order chi connectivity index (χ1) is 20.9. The average Bonchev–Trinajstić information content (AvgIpc) is 3.55. The number of rotatable bonds is 7. The molecule has 1 saturated heterocycles. The summed E-state index contributed by atoms with van der Waals surface area (Å²) in [4.78, 5) is 45.5. The van der Waals surface area contributed by atoms with E-state index in [4.69, 9.17) is 18.9 Å². The Bertz CT molecular complexity index is 1760. The number of hydrogen-bond donors (Lipinski definition) is 1. The number of anilines is 1. The molecule has 2 aliphatic heterocycles. The van der Waals surface area contributed by atoms with Gasteiger partial charge in [-0.2, -0.15) is 0 Å². The third-order valence-corrected chi connectivity index (χ3v) is 8.18. The van der Waals surface area contributed by atoms with Crippen molar-refractivity contribution in [3.8, 4) is 17.2 Å². The highest BCUT2D eigenvalue weighted by Crippen LogP contribution is 2.45. The third kappa shape index (κ3) is 5.30. The minimum atomic E-state index is -1.08. The van der Waals surface area contributed by atoms with Gasteiger partial charge in [-0.1, -0.05) is 53.8 Å². The van der Waals surface area contributed by atoms with Gasteiger partial charge in [0.25, 0.3) is 5.78 Å². The number of esters is 1. The molecule has 1 N–H and O–H groups in total. The van der Waals surface area contributed by atoms with E-state index in [1.165, 1.54) is 12.0 Å². The number of hydrogen-bond acceptors (Lipinski definition) is 10. The summed E-state index contributed by atoms with van der Waals surface area (Å²) in [7, 11) is 1.25. The normalized spacial score (nSPS) is 17.2. The van der Waals surface area contributed by atoms with E-state index < -0.39 is 23.7 Å². The van der Waals surface area contributed by atoms with Crippen molar-refractivity contribution in [2.75, 3.05) is 25.2 Å². The van der Waals surface area contributed by atoms with E-state index in [1.54, 1.807) is 49.4 Å². The number of fused-ring (bicyclic) bond motifs is 1. The van der Waals surface area contributed by atoms with Gasteiger partial charge in [-0.3, -0.25) is 14.5 Å². The molecule has 3 heterocycles. The molecular formula is C32H26N2O8S. The number of thiazole rings is 1. The highest BCUT2D eigenvalue weighted by Gasteiger charge is 2.48. The zero-order chi connectivity index (χ0) is 30.1. The van der Waals surface area contributed by atoms with Crippen LogP contribution in [0, 0.1) is 6.92 Å². The fourth-order valence-electron chi connectivity index (χ4n) is 4.97. The fraction of sp³-hybridized carbons (Fsp3) is 0.188. The Balaban J connectivity index is 1.46. The molecular weight excluding hydrogens is 572 g/mol. The molecule has 4 aromatic rings. The Kier molecular flexibility index (Phi) is 7.56. The Hall–Kier alpha value is -5.16. The number of aliphatic hydroxyl groups excluding tert-OH is 1. The summed E-state index contributed by atoms with van der Waals surface area (Å²) in [5.41, 5.74) is 1.94. The minimum Gasteiger partial charge on any atom is -0.507 e. The Morgan fingerprint density at radius 2 is 1.79 bits per heavy atom. The van der Waals surface area contributed by atoms with Crippen LogP contribution in [0.25, 0.3) is 5.76 Å². The molecule has 1 amide bonds. The van der Waals surface area contributed by atoms with Crippen molar-refractivity contribution < 1.29 is 38.4 Å². The number of ether oxygens (including phenoxy) is 4. The zero-order valence-corrected chi connectivity index (χ0v) is 24.1. The monoisotopic (exact) mass is 598 g/mol. The van der Waals surface area contributed by atoms with E-state index in [2.05, 4.69) is 4.98 Å². The summed E-state index contributed by atoms with van der Waals surface area (Å²) in [6.07, 6.45) is 0. The number of Topliss-reactive ketones (excluding diaryl/α,β-unsaturated/α-hetero) is 1. The maximum absolute atomic E-state index is 13.6. The second-order valence-electron chi connectivity index (χ2n) is 9.78. The fourth-order valence-corrected chi connectivity index (χ4v) is 5.99. The van der Waals surface area contributed by atoms with Gasteiger partial charge in [0.15, 0.2) is 16.6 Å². The molecule has 43 heavy (non-hydrogen) atoms. The highest BCUT2D eigenvalue weighted by molar-refractivity contribution is 7.17. The van der Waals surface area contributed by atoms with Gasteiger partial charge in [0.05, 0.1) is 24.4 Å². The average molecular weight is 599 g/mol. The lowest BCUT2D eigenvalue weighted by Gasteiger charge is -2.24. The molecule has 1 fully saturated rings. The van der Waals surface area contributed by atoms with Crippen LogP contribution in [0.1, 0.15) is 38.1 Å². The molecule has 1 unspecified atom stereocenters. The van der Waals surface area contributed by atoms with Gasteiger partial charge in [-0.05, 0) is 48.4 Å². The second-order valence-corrected chi connectivity index (χ2v) is 10.8. The first kappa shape index (κ1) is 28.0. The van der Waals surface area contributed by atoms with Crippen LogP contribution in [0.15, 0.2) is 78.4 Å². The second kappa shape index (κ2) is 11.6. The molecule has 0 saturated carbocycles. The molecule has 0 radical (unpaired) electrons. The van der Waals surface area contributed by atoms with Crippen molar-refractivity contribution in [3.05, 3.63) is 106 Å². The smallest absolute Gasteiger partial charge is 0.350 e. The number of benzene rings is 3. The lowest BCUT2D eigenvalue weighted by Crippen LogP contribution is -2.29. The number of carbonyl (C=O) groups excluding carboxylic acids is 3. The van der Waals surface area contributed by atoms with Gasteiger partial charge in [0.1, 0.15) is 36.2 Å². The maximum atomic E-state index is 13.6. The number of carbonyl (C=O) groups is 3. The van der Waals surface area contributed by atoms with Crippen molar-refractivity contribution in [2.24, 2.45) is 0 Å². The van der Waals surface area contributed by atoms with Crippen LogP contribution in [0.5, 0.6) is 17.2 Å². The van der Waals surface area contributed by atoms with E-state index in [-0.39, 0.29) is 26.9 Å². The van der Waals surface area contributed by atoms with E-state index in [9.17, 15) is 19.5 Å². The molecule has 1 atom stereocenters. The largest absolute Gasteiger partial charge is 0.507 e. The Morgan fingerprint density at radius 1 is 1.02 bits per heavy atom. The van der Waals surface area contributed by atoms with Crippen molar-refractivity contribution in [3.63, 3.8) is 0 Å². The topological polar surface area (TPSA) is 124 Å². The van der Waals surface area contributed by atoms with Crippen molar-refractivity contribution in [1.29, 1.82) is 0 Å². The SMILES string of the molecule is COC(=O)c1sc(N2C(=O)C(=O)C(=C(O)c3ccc4c(c3)OCCO4)C2c2cccc(OCc3ccccc3)c2)nc1C. The minimum absolute atomic E-state index is 0.113. The molecule has 2 aliphatic rings.